The van der Waals surface area contributed by atoms with Crippen LogP contribution >= 0.6 is 0 Å². The summed E-state index contributed by atoms with van der Waals surface area (Å²) in [5.41, 5.74) is 0.648. The third-order valence-corrected chi connectivity index (χ3v) is 4.27. The summed E-state index contributed by atoms with van der Waals surface area (Å²) in [6, 6.07) is 0. The highest BCUT2D eigenvalue weighted by Crippen LogP contribution is 2.24. The number of aromatic nitrogens is 1. The minimum Gasteiger partial charge on any atom is -0.414 e. The highest BCUT2D eigenvalue weighted by Gasteiger charge is 2.23. The molecule has 98 valence electrons. The number of rotatable bonds is 2. The molecule has 0 unspecified atom stereocenters. The molecule has 0 radical (unpaired) electrons. The van der Waals surface area contributed by atoms with Crippen molar-refractivity contribution >= 4 is 0 Å². The van der Waals surface area contributed by atoms with E-state index in [2.05, 4.69) is 0 Å². The fraction of sp³-hybridized carbons (Fsp3) is 0.714. The zero-order valence-electron chi connectivity index (χ0n) is 10.6. The van der Waals surface area contributed by atoms with Gasteiger partial charge in [-0.3, -0.25) is 4.79 Å². The molecule has 0 amide bonds. The Labute approximate surface area is 106 Å². The molecule has 1 fully saturated rings. The smallest absolute Gasteiger partial charge is 0.414 e. The summed E-state index contributed by atoms with van der Waals surface area (Å²) in [4.78, 5) is 24.1. The topological polar surface area (TPSA) is 52.2 Å². The van der Waals surface area contributed by atoms with Gasteiger partial charge in [0.15, 0.2) is 0 Å². The van der Waals surface area contributed by atoms with Crippen LogP contribution in [0.1, 0.15) is 49.8 Å². The maximum atomic E-state index is 12.3. The molecule has 3 rings (SSSR count). The van der Waals surface area contributed by atoms with Gasteiger partial charge in [-0.05, 0) is 31.6 Å². The molecular formula is C14H19NO3. The highest BCUT2D eigenvalue weighted by molar-refractivity contribution is 5.19. The fourth-order valence-electron chi connectivity index (χ4n) is 3.25. The van der Waals surface area contributed by atoms with Crippen molar-refractivity contribution in [3.8, 4) is 0 Å². The van der Waals surface area contributed by atoms with Gasteiger partial charge in [0, 0.05) is 13.0 Å². The lowest BCUT2D eigenvalue weighted by Gasteiger charge is -2.21. The lowest BCUT2D eigenvalue weighted by Crippen LogP contribution is -2.37. The molecule has 0 aliphatic heterocycles. The molecule has 1 saturated carbocycles. The molecule has 4 heteroatoms. The number of hydrogen-bond donors (Lipinski definition) is 0. The SMILES string of the molecule is O=c1oc2c(c(=O)n1CC1CCCCC1)CCC2. The van der Waals surface area contributed by atoms with Crippen LogP contribution in [0.15, 0.2) is 14.0 Å². The van der Waals surface area contributed by atoms with E-state index >= 15 is 0 Å². The molecule has 0 N–H and O–H groups in total. The Bertz CT molecular complexity index is 549. The third kappa shape index (κ3) is 2.04. The molecular weight excluding hydrogens is 230 g/mol. The Morgan fingerprint density at radius 2 is 1.83 bits per heavy atom. The molecule has 0 atom stereocenters. The second-order valence-corrected chi connectivity index (χ2v) is 5.54. The maximum absolute atomic E-state index is 12.3. The quantitative estimate of drug-likeness (QED) is 0.804. The molecule has 2 aliphatic rings. The molecule has 0 bridgehead atoms. The fourth-order valence-corrected chi connectivity index (χ4v) is 3.25. The van der Waals surface area contributed by atoms with Crippen molar-refractivity contribution in [1.29, 1.82) is 0 Å². The minimum atomic E-state index is -0.453. The molecule has 18 heavy (non-hydrogen) atoms. The van der Waals surface area contributed by atoms with Gasteiger partial charge >= 0.3 is 5.76 Å². The summed E-state index contributed by atoms with van der Waals surface area (Å²) >= 11 is 0. The maximum Gasteiger partial charge on any atom is 0.421 e. The first kappa shape index (κ1) is 11.8. The van der Waals surface area contributed by atoms with E-state index in [4.69, 9.17) is 4.42 Å². The lowest BCUT2D eigenvalue weighted by molar-refractivity contribution is 0.289. The van der Waals surface area contributed by atoms with E-state index in [0.29, 0.717) is 18.2 Å². The van der Waals surface area contributed by atoms with Crippen LogP contribution in [0.3, 0.4) is 0 Å². The Balaban J connectivity index is 1.92. The predicted molar refractivity (Wildman–Crippen MR) is 67.8 cm³/mol. The number of nitrogens with zero attached hydrogens (tertiary/aromatic N) is 1. The van der Waals surface area contributed by atoms with Crippen LogP contribution in [0.25, 0.3) is 0 Å². The molecule has 1 aromatic rings. The van der Waals surface area contributed by atoms with E-state index in [-0.39, 0.29) is 5.56 Å². The van der Waals surface area contributed by atoms with Gasteiger partial charge < -0.3 is 4.42 Å². The number of aryl methyl sites for hydroxylation is 1. The Morgan fingerprint density at radius 3 is 2.61 bits per heavy atom. The van der Waals surface area contributed by atoms with Crippen LogP contribution in [-0.4, -0.2) is 4.57 Å². The van der Waals surface area contributed by atoms with Gasteiger partial charge in [0.25, 0.3) is 5.56 Å². The van der Waals surface area contributed by atoms with Crippen molar-refractivity contribution < 1.29 is 4.42 Å². The Morgan fingerprint density at radius 1 is 1.06 bits per heavy atom. The van der Waals surface area contributed by atoms with Crippen molar-refractivity contribution in [1.82, 2.24) is 4.57 Å². The van der Waals surface area contributed by atoms with Crippen LogP contribution in [-0.2, 0) is 19.4 Å². The van der Waals surface area contributed by atoms with Gasteiger partial charge in [0.05, 0.1) is 5.56 Å². The van der Waals surface area contributed by atoms with Crippen LogP contribution in [0.2, 0.25) is 0 Å². The normalized spacial score (nSPS) is 20.0. The first-order valence-corrected chi connectivity index (χ1v) is 7.01. The van der Waals surface area contributed by atoms with Gasteiger partial charge in [-0.25, -0.2) is 9.36 Å². The zero-order valence-corrected chi connectivity index (χ0v) is 10.6. The Kier molecular flexibility index (Phi) is 3.10. The van der Waals surface area contributed by atoms with Gasteiger partial charge in [-0.2, -0.15) is 0 Å². The average molecular weight is 249 g/mol. The van der Waals surface area contributed by atoms with Crippen molar-refractivity contribution in [3.05, 3.63) is 32.2 Å². The average Bonchev–Trinajstić information content (AvgIpc) is 2.84. The van der Waals surface area contributed by atoms with E-state index in [1.54, 1.807) is 0 Å². The summed E-state index contributed by atoms with van der Waals surface area (Å²) in [6.45, 7) is 0.550. The van der Waals surface area contributed by atoms with Gasteiger partial charge in [0.2, 0.25) is 0 Å². The number of fused-ring (bicyclic) bond motifs is 1. The predicted octanol–water partition coefficient (Wildman–Crippen LogP) is 1.87. The van der Waals surface area contributed by atoms with Crippen molar-refractivity contribution in [3.63, 3.8) is 0 Å². The molecule has 0 spiro atoms. The first-order valence-electron chi connectivity index (χ1n) is 7.01. The second-order valence-electron chi connectivity index (χ2n) is 5.54. The summed E-state index contributed by atoms with van der Waals surface area (Å²) in [7, 11) is 0. The lowest BCUT2D eigenvalue weighted by atomic mass is 9.89. The summed E-state index contributed by atoms with van der Waals surface area (Å²) in [6.07, 6.45) is 8.41. The van der Waals surface area contributed by atoms with E-state index < -0.39 is 5.76 Å². The van der Waals surface area contributed by atoms with Crippen molar-refractivity contribution in [2.24, 2.45) is 5.92 Å². The highest BCUT2D eigenvalue weighted by atomic mass is 16.4. The molecule has 4 nitrogen and oxygen atoms in total. The zero-order chi connectivity index (χ0) is 12.5. The van der Waals surface area contributed by atoms with Gasteiger partial charge in [-0.1, -0.05) is 19.3 Å². The molecule has 0 saturated heterocycles. The van der Waals surface area contributed by atoms with Crippen molar-refractivity contribution in [2.75, 3.05) is 0 Å². The van der Waals surface area contributed by atoms with Crippen molar-refractivity contribution in [2.45, 2.75) is 57.9 Å². The van der Waals surface area contributed by atoms with Gasteiger partial charge in [0.1, 0.15) is 5.76 Å². The molecule has 1 heterocycles. The number of hydrogen-bond acceptors (Lipinski definition) is 3. The monoisotopic (exact) mass is 249 g/mol. The Hall–Kier alpha value is -1.32. The van der Waals surface area contributed by atoms with Crippen LogP contribution in [0.4, 0.5) is 0 Å². The van der Waals surface area contributed by atoms with Crippen LogP contribution < -0.4 is 11.3 Å². The first-order chi connectivity index (χ1) is 8.75. The van der Waals surface area contributed by atoms with Gasteiger partial charge in [-0.15, -0.1) is 0 Å². The standard InChI is InChI=1S/C14H19NO3/c16-13-11-7-4-8-12(11)18-14(17)15(13)9-10-5-2-1-3-6-10/h10H,1-9H2. The summed E-state index contributed by atoms with van der Waals surface area (Å²) < 4.78 is 6.61. The molecule has 2 aliphatic carbocycles. The van der Waals surface area contributed by atoms with E-state index in [0.717, 1.165) is 37.7 Å². The second kappa shape index (κ2) is 4.75. The molecule has 1 aromatic heterocycles. The van der Waals surface area contributed by atoms with E-state index in [1.165, 1.54) is 23.8 Å². The largest absolute Gasteiger partial charge is 0.421 e. The van der Waals surface area contributed by atoms with E-state index in [1.807, 2.05) is 0 Å². The molecule has 0 aromatic carbocycles. The minimum absolute atomic E-state index is 0.0932. The van der Waals surface area contributed by atoms with Crippen LogP contribution in [0, 0.1) is 5.92 Å². The summed E-state index contributed by atoms with van der Waals surface area (Å²) in [5.74, 6) is 0.648. The third-order valence-electron chi connectivity index (χ3n) is 4.27. The summed E-state index contributed by atoms with van der Waals surface area (Å²) in [5, 5.41) is 0. The van der Waals surface area contributed by atoms with Crippen LogP contribution in [0.5, 0.6) is 0 Å². The van der Waals surface area contributed by atoms with E-state index in [9.17, 15) is 9.59 Å².